The zero-order chi connectivity index (χ0) is 17.1. The third kappa shape index (κ3) is 3.93. The van der Waals surface area contributed by atoms with Crippen LogP contribution in [0.3, 0.4) is 0 Å². The van der Waals surface area contributed by atoms with Crippen molar-refractivity contribution in [2.24, 2.45) is 5.41 Å². The van der Waals surface area contributed by atoms with E-state index in [0.29, 0.717) is 11.8 Å². The van der Waals surface area contributed by atoms with Gasteiger partial charge < -0.3 is 4.90 Å². The van der Waals surface area contributed by atoms with Gasteiger partial charge in [0.15, 0.2) is 0 Å². The van der Waals surface area contributed by atoms with Crippen molar-refractivity contribution >= 4 is 17.2 Å². The highest BCUT2D eigenvalue weighted by molar-refractivity contribution is 7.09. The maximum atomic E-state index is 12.7. The lowest BCUT2D eigenvalue weighted by Gasteiger charge is -2.40. The number of piperidine rings is 1. The van der Waals surface area contributed by atoms with Crippen LogP contribution in [-0.2, 0) is 17.8 Å². The summed E-state index contributed by atoms with van der Waals surface area (Å²) in [4.78, 5) is 23.0. The predicted molar refractivity (Wildman–Crippen MR) is 100 cm³/mol. The maximum absolute atomic E-state index is 12.7. The first-order chi connectivity index (χ1) is 12.2. The van der Waals surface area contributed by atoms with E-state index in [9.17, 15) is 4.79 Å². The molecule has 0 N–H and O–H groups in total. The van der Waals surface area contributed by atoms with Crippen LogP contribution in [0.2, 0.25) is 0 Å². The standard InChI is InChI=1S/C20H25N3OS/c24-19(12-17-4-1-8-21-13-17)23-9-3-6-20(16-23)7-10-22(15-20)14-18-5-2-11-25-18/h1-2,4-5,8,11,13H,3,6-7,9-10,12,14-16H2/t20-/m1/s1. The molecule has 2 aromatic heterocycles. The van der Waals surface area contributed by atoms with E-state index in [-0.39, 0.29) is 5.91 Å². The fourth-order valence-electron chi connectivity index (χ4n) is 4.33. The minimum atomic E-state index is 0.254. The first-order valence-electron chi connectivity index (χ1n) is 9.14. The highest BCUT2D eigenvalue weighted by Crippen LogP contribution is 2.39. The van der Waals surface area contributed by atoms with E-state index in [0.717, 1.165) is 44.7 Å². The van der Waals surface area contributed by atoms with E-state index >= 15 is 0 Å². The molecule has 2 fully saturated rings. The fourth-order valence-corrected chi connectivity index (χ4v) is 5.07. The lowest BCUT2D eigenvalue weighted by Crippen LogP contribution is -2.47. The van der Waals surface area contributed by atoms with Gasteiger partial charge in [-0.3, -0.25) is 14.7 Å². The van der Waals surface area contributed by atoms with E-state index in [1.165, 1.54) is 17.7 Å². The number of carbonyl (C=O) groups excluding carboxylic acids is 1. The van der Waals surface area contributed by atoms with Crippen LogP contribution in [0, 0.1) is 5.41 Å². The van der Waals surface area contributed by atoms with Crippen molar-refractivity contribution in [2.45, 2.75) is 32.2 Å². The Morgan fingerprint density at radius 1 is 1.20 bits per heavy atom. The first kappa shape index (κ1) is 16.7. The Morgan fingerprint density at radius 2 is 2.16 bits per heavy atom. The molecule has 4 heterocycles. The van der Waals surface area contributed by atoms with Crippen LogP contribution in [0.25, 0.3) is 0 Å². The number of hydrogen-bond acceptors (Lipinski definition) is 4. The number of amides is 1. The van der Waals surface area contributed by atoms with Gasteiger partial charge in [-0.25, -0.2) is 0 Å². The molecular formula is C20H25N3OS. The summed E-state index contributed by atoms with van der Waals surface area (Å²) in [6, 6.07) is 8.24. The molecule has 5 heteroatoms. The van der Waals surface area contributed by atoms with Crippen LogP contribution in [0.1, 0.15) is 29.7 Å². The second-order valence-corrected chi connectivity index (χ2v) is 8.53. The third-order valence-electron chi connectivity index (χ3n) is 5.57. The van der Waals surface area contributed by atoms with Crippen LogP contribution in [0.4, 0.5) is 0 Å². The summed E-state index contributed by atoms with van der Waals surface area (Å²) in [6.07, 6.45) is 7.63. The Bertz CT molecular complexity index is 703. The molecule has 1 amide bonds. The Balaban J connectivity index is 1.36. The summed E-state index contributed by atoms with van der Waals surface area (Å²) in [6.45, 7) is 5.17. The number of pyridine rings is 1. The van der Waals surface area contributed by atoms with E-state index < -0.39 is 0 Å². The quantitative estimate of drug-likeness (QED) is 0.845. The molecule has 0 unspecified atom stereocenters. The summed E-state index contributed by atoms with van der Waals surface area (Å²) in [7, 11) is 0. The number of hydrogen-bond donors (Lipinski definition) is 0. The molecule has 2 aliphatic heterocycles. The normalized spacial score (nSPS) is 24.1. The number of carbonyl (C=O) groups is 1. The minimum Gasteiger partial charge on any atom is -0.342 e. The first-order valence-corrected chi connectivity index (χ1v) is 10.0. The van der Waals surface area contributed by atoms with Crippen molar-refractivity contribution in [3.8, 4) is 0 Å². The zero-order valence-corrected chi connectivity index (χ0v) is 15.4. The molecular weight excluding hydrogens is 330 g/mol. The molecule has 0 saturated carbocycles. The molecule has 1 atom stereocenters. The van der Waals surface area contributed by atoms with Crippen molar-refractivity contribution in [1.82, 2.24) is 14.8 Å². The topological polar surface area (TPSA) is 36.4 Å². The summed E-state index contributed by atoms with van der Waals surface area (Å²) >= 11 is 1.84. The molecule has 0 aliphatic carbocycles. The van der Waals surface area contributed by atoms with E-state index in [2.05, 4.69) is 32.3 Å². The molecule has 25 heavy (non-hydrogen) atoms. The average molecular weight is 356 g/mol. The Kier molecular flexibility index (Phi) is 4.86. The summed E-state index contributed by atoms with van der Waals surface area (Å²) in [5, 5.41) is 2.15. The van der Waals surface area contributed by atoms with E-state index in [1.54, 1.807) is 12.4 Å². The Hall–Kier alpha value is -1.72. The van der Waals surface area contributed by atoms with Crippen LogP contribution in [0.15, 0.2) is 42.0 Å². The van der Waals surface area contributed by atoms with Gasteiger partial charge >= 0.3 is 0 Å². The van der Waals surface area contributed by atoms with Gasteiger partial charge in [0.1, 0.15) is 0 Å². The third-order valence-corrected chi connectivity index (χ3v) is 6.43. The predicted octanol–water partition coefficient (Wildman–Crippen LogP) is 3.20. The second-order valence-electron chi connectivity index (χ2n) is 7.50. The van der Waals surface area contributed by atoms with Gasteiger partial charge in [-0.15, -0.1) is 11.3 Å². The Labute approximate surface area is 153 Å². The SMILES string of the molecule is O=C(Cc1cccnc1)N1CCC[C@]2(CCN(Cc3cccs3)C2)C1. The number of thiophene rings is 1. The summed E-state index contributed by atoms with van der Waals surface area (Å²) in [5.41, 5.74) is 1.32. The van der Waals surface area contributed by atoms with E-state index in [1.807, 2.05) is 23.5 Å². The van der Waals surface area contributed by atoms with Gasteiger partial charge in [-0.1, -0.05) is 12.1 Å². The van der Waals surface area contributed by atoms with Gasteiger partial charge in [0.25, 0.3) is 0 Å². The molecule has 1 spiro atoms. The van der Waals surface area contributed by atoms with Gasteiger partial charge in [0, 0.05) is 48.9 Å². The van der Waals surface area contributed by atoms with Gasteiger partial charge in [0.2, 0.25) is 5.91 Å². The number of aromatic nitrogens is 1. The maximum Gasteiger partial charge on any atom is 0.227 e. The van der Waals surface area contributed by atoms with Crippen molar-refractivity contribution in [3.63, 3.8) is 0 Å². The zero-order valence-electron chi connectivity index (χ0n) is 14.6. The number of likely N-dealkylation sites (tertiary alicyclic amines) is 2. The van der Waals surface area contributed by atoms with Crippen molar-refractivity contribution in [1.29, 1.82) is 0 Å². The van der Waals surface area contributed by atoms with Crippen LogP contribution in [0.5, 0.6) is 0 Å². The average Bonchev–Trinajstić information content (AvgIpc) is 3.27. The molecule has 132 valence electrons. The van der Waals surface area contributed by atoms with Crippen LogP contribution in [-0.4, -0.2) is 46.9 Å². The van der Waals surface area contributed by atoms with Crippen molar-refractivity contribution in [3.05, 3.63) is 52.5 Å². The Morgan fingerprint density at radius 3 is 2.96 bits per heavy atom. The molecule has 0 bridgehead atoms. The minimum absolute atomic E-state index is 0.254. The van der Waals surface area contributed by atoms with Crippen LogP contribution >= 0.6 is 11.3 Å². The van der Waals surface area contributed by atoms with Crippen molar-refractivity contribution in [2.75, 3.05) is 26.2 Å². The smallest absolute Gasteiger partial charge is 0.227 e. The molecule has 4 nitrogen and oxygen atoms in total. The molecule has 2 aliphatic rings. The lowest BCUT2D eigenvalue weighted by molar-refractivity contribution is -0.133. The highest BCUT2D eigenvalue weighted by atomic mass is 32.1. The van der Waals surface area contributed by atoms with Crippen LogP contribution < -0.4 is 0 Å². The molecule has 2 aromatic rings. The molecule has 0 aromatic carbocycles. The molecule has 0 radical (unpaired) electrons. The second kappa shape index (κ2) is 7.26. The summed E-state index contributed by atoms with van der Waals surface area (Å²) in [5.74, 6) is 0.254. The lowest BCUT2D eigenvalue weighted by atomic mass is 9.79. The fraction of sp³-hybridized carbons (Fsp3) is 0.500. The highest BCUT2D eigenvalue weighted by Gasteiger charge is 2.42. The van der Waals surface area contributed by atoms with Gasteiger partial charge in [-0.05, 0) is 48.9 Å². The van der Waals surface area contributed by atoms with E-state index in [4.69, 9.17) is 0 Å². The monoisotopic (exact) mass is 355 g/mol. The summed E-state index contributed by atoms with van der Waals surface area (Å²) < 4.78 is 0. The number of rotatable bonds is 4. The largest absolute Gasteiger partial charge is 0.342 e. The molecule has 2 saturated heterocycles. The number of nitrogens with zero attached hydrogens (tertiary/aromatic N) is 3. The van der Waals surface area contributed by atoms with Gasteiger partial charge in [0.05, 0.1) is 6.42 Å². The molecule has 4 rings (SSSR count). The van der Waals surface area contributed by atoms with Crippen molar-refractivity contribution < 1.29 is 4.79 Å². The van der Waals surface area contributed by atoms with Gasteiger partial charge in [-0.2, -0.15) is 0 Å².